The molecule has 0 radical (unpaired) electrons. The second-order valence-electron chi connectivity index (χ2n) is 16.7. The highest BCUT2D eigenvalue weighted by molar-refractivity contribution is 7.45. The van der Waals surface area contributed by atoms with E-state index >= 15 is 0 Å². The van der Waals surface area contributed by atoms with Crippen LogP contribution in [-0.2, 0) is 27.9 Å². The molecular weight excluding hydrogens is 721 g/mol. The fraction of sp³-hybridized carbons (Fsp3) is 0.851. The van der Waals surface area contributed by atoms with Crippen LogP contribution in [0.3, 0.4) is 0 Å². The molecular formula is C47H90NO7P. The molecule has 0 amide bonds. The maximum absolute atomic E-state index is 12.7. The average Bonchev–Trinajstić information content (AvgIpc) is 3.15. The molecule has 0 fully saturated rings. The number of quaternary nitrogens is 1. The summed E-state index contributed by atoms with van der Waals surface area (Å²) in [6, 6.07) is 0. The molecule has 9 heteroatoms. The summed E-state index contributed by atoms with van der Waals surface area (Å²) in [5.41, 5.74) is 0. The maximum atomic E-state index is 12.7. The fourth-order valence-electron chi connectivity index (χ4n) is 6.38. The van der Waals surface area contributed by atoms with E-state index < -0.39 is 13.9 Å². The van der Waals surface area contributed by atoms with E-state index in [1.165, 1.54) is 109 Å². The molecule has 0 saturated carbocycles. The van der Waals surface area contributed by atoms with E-state index in [-0.39, 0.29) is 25.8 Å². The molecule has 0 rings (SSSR count). The van der Waals surface area contributed by atoms with Gasteiger partial charge in [-0.1, -0.05) is 185 Å². The lowest BCUT2D eigenvalue weighted by atomic mass is 10.0. The van der Waals surface area contributed by atoms with Gasteiger partial charge in [0.2, 0.25) is 0 Å². The first-order valence-corrected chi connectivity index (χ1v) is 24.7. The van der Waals surface area contributed by atoms with E-state index in [1.807, 2.05) is 21.1 Å². The van der Waals surface area contributed by atoms with Crippen molar-refractivity contribution in [3.63, 3.8) is 0 Å². The van der Waals surface area contributed by atoms with Crippen LogP contribution in [0.15, 0.2) is 36.5 Å². The van der Waals surface area contributed by atoms with E-state index in [2.05, 4.69) is 50.3 Å². The molecule has 0 saturated heterocycles. The Kier molecular flexibility index (Phi) is 39.6. The van der Waals surface area contributed by atoms with Crippen LogP contribution in [0, 0.1) is 0 Å². The number of hydrogen-bond donors (Lipinski definition) is 0. The van der Waals surface area contributed by atoms with Crippen LogP contribution < -0.4 is 4.89 Å². The van der Waals surface area contributed by atoms with Crippen LogP contribution in [0.2, 0.25) is 0 Å². The predicted octanol–water partition coefficient (Wildman–Crippen LogP) is 13.1. The van der Waals surface area contributed by atoms with E-state index in [4.69, 9.17) is 18.5 Å². The number of allylic oxidation sites excluding steroid dienone is 6. The summed E-state index contributed by atoms with van der Waals surface area (Å²) in [6.07, 6.45) is 47.4. The molecule has 0 spiro atoms. The minimum absolute atomic E-state index is 0.0223. The number of carbonyl (C=O) groups is 1. The lowest BCUT2D eigenvalue weighted by Crippen LogP contribution is -2.37. The van der Waals surface area contributed by atoms with Gasteiger partial charge in [0.15, 0.2) is 0 Å². The van der Waals surface area contributed by atoms with Crippen LogP contribution in [0.25, 0.3) is 0 Å². The number of likely N-dealkylation sites (N-methyl/N-ethyl adjacent to an activating group) is 1. The molecule has 330 valence electrons. The van der Waals surface area contributed by atoms with Gasteiger partial charge in [-0.3, -0.25) is 9.36 Å². The normalized spacial score (nSPS) is 14.0. The number of rotatable bonds is 43. The Morgan fingerprint density at radius 2 is 1.04 bits per heavy atom. The second-order valence-corrected chi connectivity index (χ2v) is 18.2. The van der Waals surface area contributed by atoms with E-state index in [1.54, 1.807) is 0 Å². The number of unbranched alkanes of at least 4 members (excludes halogenated alkanes) is 23. The van der Waals surface area contributed by atoms with Crippen molar-refractivity contribution in [2.45, 2.75) is 206 Å². The number of nitrogens with zero attached hydrogens (tertiary/aromatic N) is 1. The third kappa shape index (κ3) is 43.8. The van der Waals surface area contributed by atoms with Crippen LogP contribution in [0.1, 0.15) is 200 Å². The van der Waals surface area contributed by atoms with Crippen LogP contribution in [0.5, 0.6) is 0 Å². The Morgan fingerprint density at radius 1 is 0.571 bits per heavy atom. The lowest BCUT2D eigenvalue weighted by molar-refractivity contribution is -0.870. The summed E-state index contributed by atoms with van der Waals surface area (Å²) in [6.45, 7) is 5.27. The van der Waals surface area contributed by atoms with Gasteiger partial charge >= 0.3 is 5.97 Å². The van der Waals surface area contributed by atoms with Crippen molar-refractivity contribution < 1.29 is 37.3 Å². The standard InChI is InChI=1S/C47H90NO7P/c1-6-8-10-12-14-16-18-20-22-23-24-25-26-27-28-30-32-34-36-38-40-47(49)55-46(45-54-56(50,51)53-43-41-48(3,4)5)44-52-42-39-37-35-33-31-29-21-19-17-15-13-11-9-7-2/h9,11,15,17,21,29,46H,6-8,10,12-14,16,18-20,22-28,30-45H2,1-5H3/b11-9-,17-15-,29-21-. The first-order valence-electron chi connectivity index (χ1n) is 23.2. The summed E-state index contributed by atoms with van der Waals surface area (Å²) in [5, 5.41) is 0. The van der Waals surface area contributed by atoms with Gasteiger partial charge in [-0.25, -0.2) is 0 Å². The molecule has 8 nitrogen and oxygen atoms in total. The first-order chi connectivity index (χ1) is 27.1. The highest BCUT2D eigenvalue weighted by atomic mass is 31.2. The second kappa shape index (κ2) is 40.5. The van der Waals surface area contributed by atoms with Gasteiger partial charge in [0.1, 0.15) is 19.3 Å². The summed E-state index contributed by atoms with van der Waals surface area (Å²) in [4.78, 5) is 25.1. The largest absolute Gasteiger partial charge is 0.756 e. The summed E-state index contributed by atoms with van der Waals surface area (Å²) >= 11 is 0. The Balaban J connectivity index is 4.17. The third-order valence-corrected chi connectivity index (χ3v) is 10.9. The molecule has 0 aliphatic carbocycles. The molecule has 0 aromatic heterocycles. The number of phosphoric ester groups is 1. The number of hydrogen-bond acceptors (Lipinski definition) is 7. The van der Waals surface area contributed by atoms with E-state index in [0.717, 1.165) is 70.6 Å². The molecule has 0 N–H and O–H groups in total. The minimum atomic E-state index is -4.53. The average molecular weight is 812 g/mol. The third-order valence-electron chi connectivity index (χ3n) is 9.96. The van der Waals surface area contributed by atoms with Gasteiger partial charge in [0.05, 0.1) is 34.4 Å². The van der Waals surface area contributed by atoms with Crippen LogP contribution >= 0.6 is 7.82 Å². The van der Waals surface area contributed by atoms with Crippen molar-refractivity contribution >= 4 is 13.8 Å². The summed E-state index contributed by atoms with van der Waals surface area (Å²) in [5.74, 6) is -0.340. The molecule has 0 aliphatic rings. The highest BCUT2D eigenvalue weighted by Gasteiger charge is 2.20. The molecule has 56 heavy (non-hydrogen) atoms. The minimum Gasteiger partial charge on any atom is -0.756 e. The fourth-order valence-corrected chi connectivity index (χ4v) is 7.11. The van der Waals surface area contributed by atoms with Gasteiger partial charge in [-0.2, -0.15) is 0 Å². The lowest BCUT2D eigenvalue weighted by Gasteiger charge is -2.28. The van der Waals surface area contributed by atoms with Gasteiger partial charge in [0.25, 0.3) is 7.82 Å². The van der Waals surface area contributed by atoms with Crippen molar-refractivity contribution in [3.8, 4) is 0 Å². The van der Waals surface area contributed by atoms with Crippen LogP contribution in [0.4, 0.5) is 0 Å². The molecule has 0 aromatic carbocycles. The predicted molar refractivity (Wildman–Crippen MR) is 236 cm³/mol. The van der Waals surface area contributed by atoms with Crippen molar-refractivity contribution in [2.75, 3.05) is 54.1 Å². The molecule has 0 aliphatic heterocycles. The number of ether oxygens (including phenoxy) is 2. The zero-order chi connectivity index (χ0) is 41.3. The monoisotopic (exact) mass is 812 g/mol. The zero-order valence-electron chi connectivity index (χ0n) is 37.3. The Hall–Kier alpha value is -1.28. The number of carbonyl (C=O) groups excluding carboxylic acids is 1. The number of esters is 1. The molecule has 0 aromatic rings. The zero-order valence-corrected chi connectivity index (χ0v) is 38.2. The molecule has 2 atom stereocenters. The van der Waals surface area contributed by atoms with Gasteiger partial charge in [0, 0.05) is 13.0 Å². The van der Waals surface area contributed by atoms with Gasteiger partial charge in [-0.15, -0.1) is 0 Å². The van der Waals surface area contributed by atoms with Crippen molar-refractivity contribution in [1.29, 1.82) is 0 Å². The van der Waals surface area contributed by atoms with Crippen molar-refractivity contribution in [1.82, 2.24) is 0 Å². The SMILES string of the molecule is CC/C=C\C/C=C\C/C=C\CCCCCCOCC(COP(=O)([O-])OCC[N+](C)(C)C)OC(=O)CCCCCCCCCCCCCCCCCCCCCC. The summed E-state index contributed by atoms with van der Waals surface area (Å²) in [7, 11) is 1.34. The first kappa shape index (κ1) is 54.7. The van der Waals surface area contributed by atoms with Crippen molar-refractivity contribution in [3.05, 3.63) is 36.5 Å². The van der Waals surface area contributed by atoms with E-state index in [0.29, 0.717) is 24.1 Å². The molecule has 0 heterocycles. The Labute approximate surface area is 346 Å². The van der Waals surface area contributed by atoms with Crippen LogP contribution in [-0.4, -0.2) is 70.7 Å². The van der Waals surface area contributed by atoms with Gasteiger partial charge in [-0.05, 0) is 44.9 Å². The summed E-state index contributed by atoms with van der Waals surface area (Å²) < 4.78 is 34.6. The number of phosphoric acid groups is 1. The van der Waals surface area contributed by atoms with Crippen molar-refractivity contribution in [2.24, 2.45) is 0 Å². The molecule has 0 bridgehead atoms. The Morgan fingerprint density at radius 3 is 1.55 bits per heavy atom. The topological polar surface area (TPSA) is 94.1 Å². The maximum Gasteiger partial charge on any atom is 0.306 e. The quantitative estimate of drug-likeness (QED) is 0.0199. The Bertz CT molecular complexity index is 994. The van der Waals surface area contributed by atoms with E-state index in [9.17, 15) is 14.3 Å². The smallest absolute Gasteiger partial charge is 0.306 e. The highest BCUT2D eigenvalue weighted by Crippen LogP contribution is 2.38. The molecule has 2 unspecified atom stereocenters. The van der Waals surface area contributed by atoms with Gasteiger partial charge < -0.3 is 27.9 Å².